The van der Waals surface area contributed by atoms with Crippen molar-refractivity contribution in [1.82, 2.24) is 24.6 Å². The van der Waals surface area contributed by atoms with Crippen LogP contribution in [0.5, 0.6) is 0 Å². The molecule has 0 spiro atoms. The number of nitrogens with zero attached hydrogens (tertiary/aromatic N) is 5. The molecule has 0 atom stereocenters. The van der Waals surface area contributed by atoms with E-state index < -0.39 is 12.0 Å². The number of fused-ring (bicyclic) bond motifs is 2. The number of hydrogen-bond acceptors (Lipinski definition) is 5. The summed E-state index contributed by atoms with van der Waals surface area (Å²) >= 11 is 0. The largest absolute Gasteiger partial charge is 0.453 e. The second-order valence-corrected chi connectivity index (χ2v) is 6.83. The SMILES string of the molecule is Cc1nc2nc(C(F)(F)F)nn2c(C)c1CCC(=O)Nc1cccc2ncccc12. The highest BCUT2D eigenvalue weighted by atomic mass is 19.4. The van der Waals surface area contributed by atoms with Crippen molar-refractivity contribution in [3.05, 3.63) is 59.3 Å². The van der Waals surface area contributed by atoms with Gasteiger partial charge >= 0.3 is 6.18 Å². The second kappa shape index (κ2) is 7.36. The Bertz CT molecular complexity index is 1260. The summed E-state index contributed by atoms with van der Waals surface area (Å²) in [6.07, 6.45) is -2.54. The van der Waals surface area contributed by atoms with Crippen LogP contribution >= 0.6 is 0 Å². The van der Waals surface area contributed by atoms with E-state index in [2.05, 4.69) is 25.4 Å². The van der Waals surface area contributed by atoms with Gasteiger partial charge in [0.1, 0.15) is 0 Å². The third-order valence-corrected chi connectivity index (χ3v) is 4.82. The smallest absolute Gasteiger partial charge is 0.325 e. The predicted molar refractivity (Wildman–Crippen MR) is 104 cm³/mol. The van der Waals surface area contributed by atoms with E-state index >= 15 is 0 Å². The summed E-state index contributed by atoms with van der Waals surface area (Å²) in [5.41, 5.74) is 3.07. The molecule has 7 nitrogen and oxygen atoms in total. The van der Waals surface area contributed by atoms with Gasteiger partial charge in [-0.3, -0.25) is 9.78 Å². The minimum atomic E-state index is -4.65. The molecule has 1 aromatic carbocycles. The van der Waals surface area contributed by atoms with E-state index in [0.717, 1.165) is 15.4 Å². The van der Waals surface area contributed by atoms with E-state index in [-0.39, 0.29) is 18.1 Å². The molecule has 0 aliphatic rings. The minimum absolute atomic E-state index is 0.117. The van der Waals surface area contributed by atoms with Crippen molar-refractivity contribution in [2.75, 3.05) is 5.32 Å². The van der Waals surface area contributed by atoms with Crippen LogP contribution in [0.2, 0.25) is 0 Å². The van der Waals surface area contributed by atoms with Crippen LogP contribution in [-0.4, -0.2) is 30.5 Å². The monoisotopic (exact) mass is 414 g/mol. The predicted octanol–water partition coefficient (Wildman–Crippen LogP) is 3.88. The molecular formula is C20H17F3N6O. The Morgan fingerprint density at radius 1 is 1.13 bits per heavy atom. The first-order valence-corrected chi connectivity index (χ1v) is 9.17. The Hall–Kier alpha value is -3.56. The number of carbonyl (C=O) groups excluding carboxylic acids is 1. The van der Waals surface area contributed by atoms with Crippen LogP contribution < -0.4 is 5.32 Å². The first-order valence-electron chi connectivity index (χ1n) is 9.17. The van der Waals surface area contributed by atoms with Crippen LogP contribution in [-0.2, 0) is 17.4 Å². The molecule has 0 fully saturated rings. The van der Waals surface area contributed by atoms with E-state index in [0.29, 0.717) is 29.1 Å². The van der Waals surface area contributed by atoms with Crippen molar-refractivity contribution in [1.29, 1.82) is 0 Å². The lowest BCUT2D eigenvalue weighted by Crippen LogP contribution is -2.14. The first kappa shape index (κ1) is 19.7. The van der Waals surface area contributed by atoms with E-state index in [9.17, 15) is 18.0 Å². The van der Waals surface area contributed by atoms with E-state index in [1.165, 1.54) is 0 Å². The normalized spacial score (nSPS) is 11.9. The van der Waals surface area contributed by atoms with Crippen LogP contribution in [0.25, 0.3) is 16.7 Å². The third kappa shape index (κ3) is 3.68. The first-order chi connectivity index (χ1) is 14.2. The molecule has 0 saturated carbocycles. The van der Waals surface area contributed by atoms with Crippen molar-refractivity contribution in [3.63, 3.8) is 0 Å². The van der Waals surface area contributed by atoms with Gasteiger partial charge in [0.15, 0.2) is 0 Å². The lowest BCUT2D eigenvalue weighted by atomic mass is 10.1. The van der Waals surface area contributed by atoms with Crippen molar-refractivity contribution >= 4 is 28.3 Å². The van der Waals surface area contributed by atoms with Gasteiger partial charge in [-0.05, 0) is 50.1 Å². The highest BCUT2D eigenvalue weighted by Crippen LogP contribution is 2.27. The average Bonchev–Trinajstić information content (AvgIpc) is 3.13. The maximum absolute atomic E-state index is 12.9. The second-order valence-electron chi connectivity index (χ2n) is 6.83. The summed E-state index contributed by atoms with van der Waals surface area (Å²) in [7, 11) is 0. The number of aryl methyl sites for hydroxylation is 2. The van der Waals surface area contributed by atoms with E-state index in [1.807, 2.05) is 12.1 Å². The fourth-order valence-electron chi connectivity index (χ4n) is 3.35. The zero-order valence-corrected chi connectivity index (χ0v) is 16.2. The van der Waals surface area contributed by atoms with Crippen molar-refractivity contribution in [2.24, 2.45) is 0 Å². The van der Waals surface area contributed by atoms with Crippen molar-refractivity contribution in [2.45, 2.75) is 32.9 Å². The molecule has 1 N–H and O–H groups in total. The molecule has 4 rings (SSSR count). The summed E-state index contributed by atoms with van der Waals surface area (Å²) in [5.74, 6) is -1.58. The van der Waals surface area contributed by atoms with Gasteiger partial charge in [-0.2, -0.15) is 18.2 Å². The average molecular weight is 414 g/mol. The molecule has 0 bridgehead atoms. The number of alkyl halides is 3. The van der Waals surface area contributed by atoms with E-state index in [4.69, 9.17) is 0 Å². The molecule has 0 aliphatic carbocycles. The van der Waals surface area contributed by atoms with Crippen LogP contribution in [0.15, 0.2) is 36.5 Å². The molecule has 30 heavy (non-hydrogen) atoms. The summed E-state index contributed by atoms with van der Waals surface area (Å²) in [6, 6.07) is 9.11. The van der Waals surface area contributed by atoms with Gasteiger partial charge in [0, 0.05) is 29.4 Å². The Morgan fingerprint density at radius 2 is 1.93 bits per heavy atom. The molecule has 0 radical (unpaired) electrons. The molecule has 0 saturated heterocycles. The maximum atomic E-state index is 12.9. The molecule has 4 aromatic rings. The lowest BCUT2D eigenvalue weighted by molar-refractivity contribution is -0.144. The summed E-state index contributed by atoms with van der Waals surface area (Å²) in [5, 5.41) is 7.22. The Labute approximate surface area is 169 Å². The number of amides is 1. The number of rotatable bonds is 4. The highest BCUT2D eigenvalue weighted by Gasteiger charge is 2.36. The Balaban J connectivity index is 1.55. The third-order valence-electron chi connectivity index (χ3n) is 4.82. The van der Waals surface area contributed by atoms with Gasteiger partial charge in [0.05, 0.1) is 11.2 Å². The van der Waals surface area contributed by atoms with Gasteiger partial charge < -0.3 is 5.32 Å². The number of hydrogen-bond donors (Lipinski definition) is 1. The van der Waals surface area contributed by atoms with Gasteiger partial charge in [-0.25, -0.2) is 9.50 Å². The van der Waals surface area contributed by atoms with Gasteiger partial charge in [-0.1, -0.05) is 6.07 Å². The summed E-state index contributed by atoms with van der Waals surface area (Å²) in [4.78, 5) is 24.4. The molecule has 154 valence electrons. The Kier molecular flexibility index (Phi) is 4.84. The van der Waals surface area contributed by atoms with Gasteiger partial charge in [0.2, 0.25) is 5.91 Å². The van der Waals surface area contributed by atoms with Crippen LogP contribution in [0, 0.1) is 13.8 Å². The van der Waals surface area contributed by atoms with Crippen molar-refractivity contribution in [3.8, 4) is 0 Å². The fraction of sp³-hybridized carbons (Fsp3) is 0.250. The topological polar surface area (TPSA) is 85.1 Å². The minimum Gasteiger partial charge on any atom is -0.325 e. The molecule has 3 aromatic heterocycles. The number of benzene rings is 1. The summed E-state index contributed by atoms with van der Waals surface area (Å²) in [6.45, 7) is 3.32. The van der Waals surface area contributed by atoms with Crippen molar-refractivity contribution < 1.29 is 18.0 Å². The number of halogens is 3. The maximum Gasteiger partial charge on any atom is 0.453 e. The van der Waals surface area contributed by atoms with Crippen LogP contribution in [0.4, 0.5) is 18.9 Å². The molecule has 10 heteroatoms. The summed E-state index contributed by atoms with van der Waals surface area (Å²) < 4.78 is 39.8. The zero-order chi connectivity index (χ0) is 21.5. The molecular weight excluding hydrogens is 397 g/mol. The van der Waals surface area contributed by atoms with E-state index in [1.54, 1.807) is 38.2 Å². The number of pyridine rings is 1. The Morgan fingerprint density at radius 3 is 2.70 bits per heavy atom. The quantitative estimate of drug-likeness (QED) is 0.548. The fourth-order valence-corrected chi connectivity index (χ4v) is 3.35. The number of nitrogens with one attached hydrogen (secondary N) is 1. The molecule has 3 heterocycles. The molecule has 0 aliphatic heterocycles. The lowest BCUT2D eigenvalue weighted by Gasteiger charge is -2.11. The number of aromatic nitrogens is 5. The van der Waals surface area contributed by atoms with Gasteiger partial charge in [-0.15, -0.1) is 5.10 Å². The van der Waals surface area contributed by atoms with Crippen LogP contribution in [0.3, 0.4) is 0 Å². The van der Waals surface area contributed by atoms with Crippen LogP contribution in [0.1, 0.15) is 29.2 Å². The molecule has 0 unspecified atom stereocenters. The number of anilines is 1. The standard InChI is InChI=1S/C20H17F3N6O/c1-11-13(12(2)29-19(25-11)27-18(28-29)20(21,22)23)8-9-17(30)26-16-7-3-6-15-14(16)5-4-10-24-15/h3-7,10H,8-9H2,1-2H3,(H,26,30). The van der Waals surface area contributed by atoms with Gasteiger partial charge in [0.25, 0.3) is 11.6 Å². The number of carbonyl (C=O) groups is 1. The molecule has 1 amide bonds. The highest BCUT2D eigenvalue weighted by molar-refractivity contribution is 6.00. The zero-order valence-electron chi connectivity index (χ0n) is 16.2.